The molecule has 88 valence electrons. The zero-order valence-electron chi connectivity index (χ0n) is 9.75. The van der Waals surface area contributed by atoms with Crippen molar-refractivity contribution in [2.75, 3.05) is 11.9 Å². The van der Waals surface area contributed by atoms with Crippen LogP contribution in [-0.2, 0) is 0 Å². The van der Waals surface area contributed by atoms with Crippen molar-refractivity contribution in [1.29, 1.82) is 0 Å². The first-order chi connectivity index (χ1) is 7.74. The van der Waals surface area contributed by atoms with Gasteiger partial charge in [0, 0.05) is 18.1 Å². The molecule has 1 aromatic rings. The predicted molar refractivity (Wildman–Crippen MR) is 69.1 cm³/mol. The van der Waals surface area contributed by atoms with E-state index in [1.807, 2.05) is 12.3 Å². The first-order valence-electron chi connectivity index (χ1n) is 6.04. The van der Waals surface area contributed by atoms with Gasteiger partial charge in [-0.1, -0.05) is 6.42 Å². The first kappa shape index (κ1) is 11.7. The molecule has 0 aliphatic heterocycles. The molecular formula is C13H19ClN2. The number of pyridine rings is 1. The van der Waals surface area contributed by atoms with Crippen LogP contribution in [0, 0.1) is 12.8 Å². The van der Waals surface area contributed by atoms with Gasteiger partial charge in [0.1, 0.15) is 5.82 Å². The van der Waals surface area contributed by atoms with Crippen LogP contribution >= 0.6 is 11.6 Å². The van der Waals surface area contributed by atoms with Crippen LogP contribution < -0.4 is 5.32 Å². The molecular weight excluding hydrogens is 220 g/mol. The number of rotatable bonds is 3. The maximum Gasteiger partial charge on any atom is 0.126 e. The van der Waals surface area contributed by atoms with Gasteiger partial charge in [0.2, 0.25) is 0 Å². The van der Waals surface area contributed by atoms with E-state index in [2.05, 4.69) is 23.3 Å². The van der Waals surface area contributed by atoms with Gasteiger partial charge in [-0.3, -0.25) is 0 Å². The summed E-state index contributed by atoms with van der Waals surface area (Å²) in [6.45, 7) is 3.09. The lowest BCUT2D eigenvalue weighted by Gasteiger charge is -2.25. The molecule has 0 amide bonds. The van der Waals surface area contributed by atoms with Gasteiger partial charge in [0.05, 0.1) is 0 Å². The van der Waals surface area contributed by atoms with Crippen LogP contribution in [0.5, 0.6) is 0 Å². The summed E-state index contributed by atoms with van der Waals surface area (Å²) in [5, 5.41) is 3.79. The Bertz CT molecular complexity index is 340. The Morgan fingerprint density at radius 3 is 3.12 bits per heavy atom. The third kappa shape index (κ3) is 3.38. The van der Waals surface area contributed by atoms with Gasteiger partial charge in [0.25, 0.3) is 0 Å². The van der Waals surface area contributed by atoms with Crippen LogP contribution in [0.1, 0.15) is 31.2 Å². The molecule has 2 nitrogen and oxygen atoms in total. The summed E-state index contributed by atoms with van der Waals surface area (Å²) in [4.78, 5) is 4.30. The maximum atomic E-state index is 6.17. The zero-order valence-corrected chi connectivity index (χ0v) is 10.5. The summed E-state index contributed by atoms with van der Waals surface area (Å²) in [7, 11) is 0. The van der Waals surface area contributed by atoms with E-state index in [-0.39, 0.29) is 0 Å². The molecule has 1 aliphatic carbocycles. The second kappa shape index (κ2) is 5.53. The molecule has 2 unspecified atom stereocenters. The van der Waals surface area contributed by atoms with E-state index in [0.29, 0.717) is 11.3 Å². The molecule has 1 N–H and O–H groups in total. The molecule has 2 rings (SSSR count). The van der Waals surface area contributed by atoms with Crippen LogP contribution in [0.15, 0.2) is 18.3 Å². The first-order valence-corrected chi connectivity index (χ1v) is 6.48. The highest BCUT2D eigenvalue weighted by molar-refractivity contribution is 6.20. The average molecular weight is 239 g/mol. The van der Waals surface area contributed by atoms with Crippen molar-refractivity contribution < 1.29 is 0 Å². The number of alkyl halides is 1. The lowest BCUT2D eigenvalue weighted by molar-refractivity contribution is 0.378. The lowest BCUT2D eigenvalue weighted by Crippen LogP contribution is -2.22. The standard InChI is InChI=1S/C13H19ClN2/c1-10-5-6-15-13(7-10)16-9-11-3-2-4-12(14)8-11/h5-7,11-12H,2-4,8-9H2,1H3,(H,15,16). The van der Waals surface area contributed by atoms with Crippen molar-refractivity contribution in [3.8, 4) is 0 Å². The molecule has 0 bridgehead atoms. The van der Waals surface area contributed by atoms with Crippen molar-refractivity contribution in [1.82, 2.24) is 4.98 Å². The average Bonchev–Trinajstić information content (AvgIpc) is 2.27. The van der Waals surface area contributed by atoms with Gasteiger partial charge in [-0.15, -0.1) is 11.6 Å². The summed E-state index contributed by atoms with van der Waals surface area (Å²) in [5.74, 6) is 1.69. The minimum atomic E-state index is 0.381. The monoisotopic (exact) mass is 238 g/mol. The molecule has 3 heteroatoms. The Hall–Kier alpha value is -0.760. The largest absolute Gasteiger partial charge is 0.370 e. The van der Waals surface area contributed by atoms with E-state index in [9.17, 15) is 0 Å². The van der Waals surface area contributed by atoms with E-state index in [1.54, 1.807) is 0 Å². The number of nitrogens with zero attached hydrogens (tertiary/aromatic N) is 1. The number of anilines is 1. The van der Waals surface area contributed by atoms with Crippen LogP contribution in [0.25, 0.3) is 0 Å². The fourth-order valence-corrected chi connectivity index (χ4v) is 2.70. The van der Waals surface area contributed by atoms with E-state index in [1.165, 1.54) is 24.8 Å². The van der Waals surface area contributed by atoms with E-state index in [4.69, 9.17) is 11.6 Å². The van der Waals surface area contributed by atoms with Gasteiger partial charge in [-0.2, -0.15) is 0 Å². The molecule has 1 saturated carbocycles. The Balaban J connectivity index is 1.82. The molecule has 1 aromatic heterocycles. The van der Waals surface area contributed by atoms with Crippen LogP contribution in [0.4, 0.5) is 5.82 Å². The van der Waals surface area contributed by atoms with E-state index in [0.717, 1.165) is 18.8 Å². The quantitative estimate of drug-likeness (QED) is 0.814. The summed E-state index contributed by atoms with van der Waals surface area (Å²) in [5.41, 5.74) is 1.25. The van der Waals surface area contributed by atoms with E-state index < -0.39 is 0 Å². The van der Waals surface area contributed by atoms with Crippen molar-refractivity contribution in [3.63, 3.8) is 0 Å². The zero-order chi connectivity index (χ0) is 11.4. The highest BCUT2D eigenvalue weighted by Gasteiger charge is 2.19. The van der Waals surface area contributed by atoms with Crippen molar-refractivity contribution in [3.05, 3.63) is 23.9 Å². The van der Waals surface area contributed by atoms with Crippen molar-refractivity contribution in [2.45, 2.75) is 38.0 Å². The fourth-order valence-electron chi connectivity index (χ4n) is 2.29. The summed E-state index contributed by atoms with van der Waals surface area (Å²) < 4.78 is 0. The fraction of sp³-hybridized carbons (Fsp3) is 0.615. The highest BCUT2D eigenvalue weighted by Crippen LogP contribution is 2.27. The minimum absolute atomic E-state index is 0.381. The molecule has 0 aromatic carbocycles. The van der Waals surface area contributed by atoms with Crippen molar-refractivity contribution >= 4 is 17.4 Å². The molecule has 1 aliphatic rings. The van der Waals surface area contributed by atoms with Gasteiger partial charge in [0.15, 0.2) is 0 Å². The summed E-state index contributed by atoms with van der Waals surface area (Å²) in [6, 6.07) is 4.10. The number of aromatic nitrogens is 1. The molecule has 16 heavy (non-hydrogen) atoms. The van der Waals surface area contributed by atoms with Gasteiger partial charge in [-0.25, -0.2) is 4.98 Å². The maximum absolute atomic E-state index is 6.17. The van der Waals surface area contributed by atoms with Crippen LogP contribution in [0.3, 0.4) is 0 Å². The van der Waals surface area contributed by atoms with Gasteiger partial charge in [-0.05, 0) is 49.8 Å². The van der Waals surface area contributed by atoms with E-state index >= 15 is 0 Å². The van der Waals surface area contributed by atoms with Crippen molar-refractivity contribution in [2.24, 2.45) is 5.92 Å². The third-order valence-electron chi connectivity index (χ3n) is 3.21. The lowest BCUT2D eigenvalue weighted by atomic mass is 9.89. The Morgan fingerprint density at radius 2 is 2.38 bits per heavy atom. The number of nitrogens with one attached hydrogen (secondary N) is 1. The second-order valence-electron chi connectivity index (χ2n) is 4.73. The summed E-state index contributed by atoms with van der Waals surface area (Å²) in [6.07, 6.45) is 6.73. The molecule has 0 saturated heterocycles. The second-order valence-corrected chi connectivity index (χ2v) is 5.35. The number of hydrogen-bond acceptors (Lipinski definition) is 2. The molecule has 1 fully saturated rings. The molecule has 1 heterocycles. The molecule has 0 radical (unpaired) electrons. The highest BCUT2D eigenvalue weighted by atomic mass is 35.5. The SMILES string of the molecule is Cc1ccnc(NCC2CCCC(Cl)C2)c1. The van der Waals surface area contributed by atoms with Gasteiger partial charge >= 0.3 is 0 Å². The smallest absolute Gasteiger partial charge is 0.126 e. The number of aryl methyl sites for hydroxylation is 1. The minimum Gasteiger partial charge on any atom is -0.370 e. The third-order valence-corrected chi connectivity index (χ3v) is 3.60. The molecule has 0 spiro atoms. The number of hydrogen-bond donors (Lipinski definition) is 1. The normalized spacial score (nSPS) is 25.4. The number of halogens is 1. The Morgan fingerprint density at radius 1 is 1.50 bits per heavy atom. The Labute approximate surface area is 102 Å². The topological polar surface area (TPSA) is 24.9 Å². The predicted octanol–water partition coefficient (Wildman–Crippen LogP) is 3.60. The summed E-state index contributed by atoms with van der Waals surface area (Å²) >= 11 is 6.17. The van der Waals surface area contributed by atoms with Crippen LogP contribution in [0.2, 0.25) is 0 Å². The van der Waals surface area contributed by atoms with Crippen LogP contribution in [-0.4, -0.2) is 16.9 Å². The van der Waals surface area contributed by atoms with Gasteiger partial charge < -0.3 is 5.32 Å². The Kier molecular flexibility index (Phi) is 4.05. The molecule has 2 atom stereocenters.